The zero-order chi connectivity index (χ0) is 19.5. The van der Waals surface area contributed by atoms with Crippen molar-refractivity contribution in [1.29, 1.82) is 0 Å². The van der Waals surface area contributed by atoms with E-state index in [9.17, 15) is 14.4 Å². The molecule has 2 fully saturated rings. The first-order valence-electron chi connectivity index (χ1n) is 9.12. The van der Waals surface area contributed by atoms with E-state index < -0.39 is 11.1 Å². The van der Waals surface area contributed by atoms with Crippen LogP contribution in [0.2, 0.25) is 0 Å². The predicted octanol–water partition coefficient (Wildman–Crippen LogP) is 3.93. The highest BCUT2D eigenvalue weighted by molar-refractivity contribution is 8.18. The van der Waals surface area contributed by atoms with E-state index in [1.54, 1.807) is 23.4 Å². The van der Waals surface area contributed by atoms with Crippen molar-refractivity contribution in [3.8, 4) is 0 Å². The summed E-state index contributed by atoms with van der Waals surface area (Å²) in [6.07, 6.45) is 8.01. The van der Waals surface area contributed by atoms with Gasteiger partial charge in [-0.15, -0.1) is 11.3 Å². The van der Waals surface area contributed by atoms with E-state index in [2.05, 4.69) is 4.98 Å². The van der Waals surface area contributed by atoms with Gasteiger partial charge in [0.1, 0.15) is 6.54 Å². The fraction of sp³-hybridized carbons (Fsp3) is 0.300. The zero-order valence-corrected chi connectivity index (χ0v) is 16.7. The van der Waals surface area contributed by atoms with Gasteiger partial charge in [0, 0.05) is 23.8 Å². The van der Waals surface area contributed by atoms with Crippen LogP contribution in [-0.2, 0) is 9.59 Å². The second kappa shape index (κ2) is 8.28. The highest BCUT2D eigenvalue weighted by Crippen LogP contribution is 2.34. The van der Waals surface area contributed by atoms with Gasteiger partial charge in [0.15, 0.2) is 0 Å². The molecule has 2 aromatic heterocycles. The number of likely N-dealkylation sites (tertiary alicyclic amines) is 1. The van der Waals surface area contributed by atoms with Crippen LogP contribution in [0.1, 0.15) is 35.7 Å². The fourth-order valence-corrected chi connectivity index (χ4v) is 5.08. The second-order valence-corrected chi connectivity index (χ2v) is 8.64. The summed E-state index contributed by atoms with van der Waals surface area (Å²) in [6.45, 7) is 0.406. The van der Waals surface area contributed by atoms with Crippen LogP contribution < -0.4 is 0 Å². The molecule has 0 bridgehead atoms. The highest BCUT2D eigenvalue weighted by Gasteiger charge is 2.38. The number of thiophene rings is 1. The first kappa shape index (κ1) is 18.9. The molecule has 28 heavy (non-hydrogen) atoms. The maximum atomic E-state index is 13.0. The molecule has 0 saturated carbocycles. The zero-order valence-electron chi connectivity index (χ0n) is 15.1. The maximum absolute atomic E-state index is 13.0. The third-order valence-electron chi connectivity index (χ3n) is 4.88. The Hall–Kier alpha value is -2.45. The number of carbonyl (C=O) groups is 3. The molecule has 0 N–H and O–H groups in total. The van der Waals surface area contributed by atoms with Gasteiger partial charge in [-0.05, 0) is 60.2 Å². The van der Waals surface area contributed by atoms with E-state index in [0.717, 1.165) is 46.4 Å². The smallest absolute Gasteiger partial charge is 0.294 e. The molecule has 2 aliphatic rings. The van der Waals surface area contributed by atoms with E-state index in [-0.39, 0.29) is 18.5 Å². The molecule has 0 radical (unpaired) electrons. The van der Waals surface area contributed by atoms with Crippen LogP contribution in [0.25, 0.3) is 6.08 Å². The Balaban J connectivity index is 1.49. The summed E-state index contributed by atoms with van der Waals surface area (Å²) in [5.41, 5.74) is 0.988. The van der Waals surface area contributed by atoms with E-state index in [0.29, 0.717) is 11.4 Å². The molecule has 0 aliphatic carbocycles. The lowest BCUT2D eigenvalue weighted by atomic mass is 9.96. The monoisotopic (exact) mass is 413 g/mol. The van der Waals surface area contributed by atoms with Crippen molar-refractivity contribution >= 4 is 46.2 Å². The third kappa shape index (κ3) is 3.88. The minimum Gasteiger partial charge on any atom is -0.334 e. The van der Waals surface area contributed by atoms with Crippen molar-refractivity contribution in [3.63, 3.8) is 0 Å². The lowest BCUT2D eigenvalue weighted by Gasteiger charge is -2.36. The Morgan fingerprint density at radius 1 is 1.25 bits per heavy atom. The van der Waals surface area contributed by atoms with Gasteiger partial charge in [0.25, 0.3) is 11.1 Å². The summed E-state index contributed by atoms with van der Waals surface area (Å²) < 4.78 is 0. The number of hydrogen-bond acceptors (Lipinski definition) is 6. The van der Waals surface area contributed by atoms with Gasteiger partial charge in [-0.1, -0.05) is 12.1 Å². The first-order chi connectivity index (χ1) is 13.6. The van der Waals surface area contributed by atoms with Crippen molar-refractivity contribution < 1.29 is 14.4 Å². The van der Waals surface area contributed by atoms with Gasteiger partial charge >= 0.3 is 0 Å². The number of nitrogens with zero attached hydrogens (tertiary/aromatic N) is 3. The minimum atomic E-state index is -0.397. The van der Waals surface area contributed by atoms with Crippen molar-refractivity contribution in [2.24, 2.45) is 0 Å². The quantitative estimate of drug-likeness (QED) is 0.710. The number of hydrogen-bond donors (Lipinski definition) is 0. The number of pyridine rings is 1. The van der Waals surface area contributed by atoms with E-state index in [1.807, 2.05) is 29.6 Å². The average molecular weight is 414 g/mol. The number of carbonyl (C=O) groups excluding carboxylic acids is 3. The lowest BCUT2D eigenvalue weighted by Crippen LogP contribution is -2.45. The van der Waals surface area contributed by atoms with Crippen molar-refractivity contribution in [1.82, 2.24) is 14.8 Å². The average Bonchev–Trinajstić information content (AvgIpc) is 3.33. The predicted molar refractivity (Wildman–Crippen MR) is 110 cm³/mol. The molecule has 2 saturated heterocycles. The van der Waals surface area contributed by atoms with Gasteiger partial charge in [0.2, 0.25) is 5.91 Å². The standard InChI is InChI=1S/C20H19N3O3S2/c24-18(22-9-2-1-7-16(22)14-5-3-8-21-12-14)13-23-19(25)17(28-20(23)26)11-15-6-4-10-27-15/h3-6,8,10-12,16H,1-2,7,9,13H2/b17-11+. The van der Waals surface area contributed by atoms with Gasteiger partial charge in [-0.3, -0.25) is 24.3 Å². The van der Waals surface area contributed by atoms with Crippen molar-refractivity contribution in [3.05, 3.63) is 57.4 Å². The van der Waals surface area contributed by atoms with Crippen LogP contribution in [-0.4, -0.2) is 44.9 Å². The van der Waals surface area contributed by atoms with Crippen molar-refractivity contribution in [2.45, 2.75) is 25.3 Å². The highest BCUT2D eigenvalue weighted by atomic mass is 32.2. The number of imide groups is 1. The molecule has 8 heteroatoms. The number of aromatic nitrogens is 1. The third-order valence-corrected chi connectivity index (χ3v) is 6.60. The van der Waals surface area contributed by atoms with Crippen molar-refractivity contribution in [2.75, 3.05) is 13.1 Å². The number of thioether (sulfide) groups is 1. The Morgan fingerprint density at radius 3 is 2.89 bits per heavy atom. The summed E-state index contributed by atoms with van der Waals surface area (Å²) >= 11 is 2.39. The van der Waals surface area contributed by atoms with Gasteiger partial charge in [-0.2, -0.15) is 0 Å². The number of piperidine rings is 1. The fourth-order valence-electron chi connectivity index (χ4n) is 3.51. The first-order valence-corrected chi connectivity index (χ1v) is 10.8. The molecule has 4 heterocycles. The molecule has 0 spiro atoms. The van der Waals surface area contributed by atoms with Crippen LogP contribution in [0.5, 0.6) is 0 Å². The molecular formula is C20H19N3O3S2. The van der Waals surface area contributed by atoms with Crippen LogP contribution in [0.3, 0.4) is 0 Å². The Kier molecular flexibility index (Phi) is 5.59. The molecular weight excluding hydrogens is 394 g/mol. The second-order valence-electron chi connectivity index (χ2n) is 6.67. The van der Waals surface area contributed by atoms with Crippen LogP contribution in [0, 0.1) is 0 Å². The van der Waals surface area contributed by atoms with E-state index >= 15 is 0 Å². The summed E-state index contributed by atoms with van der Waals surface area (Å²) in [7, 11) is 0. The SMILES string of the molecule is O=C1S/C(=C/c2cccs2)C(=O)N1CC(=O)N1CCCCC1c1cccnc1. The Bertz CT molecular complexity index is 912. The molecule has 0 aromatic carbocycles. The minimum absolute atomic E-state index is 0.0588. The van der Waals surface area contributed by atoms with E-state index in [4.69, 9.17) is 0 Å². The van der Waals surface area contributed by atoms with E-state index in [1.165, 1.54) is 11.3 Å². The van der Waals surface area contributed by atoms with Crippen LogP contribution in [0.4, 0.5) is 4.79 Å². The van der Waals surface area contributed by atoms with Crippen LogP contribution >= 0.6 is 23.1 Å². The Morgan fingerprint density at radius 2 is 2.14 bits per heavy atom. The molecule has 3 amide bonds. The summed E-state index contributed by atoms with van der Waals surface area (Å²) in [5, 5.41) is 1.52. The van der Waals surface area contributed by atoms with Gasteiger partial charge < -0.3 is 4.90 Å². The molecule has 2 aromatic rings. The lowest BCUT2D eigenvalue weighted by molar-refractivity contribution is -0.138. The van der Waals surface area contributed by atoms with Gasteiger partial charge in [-0.25, -0.2) is 0 Å². The number of amides is 3. The molecule has 1 atom stereocenters. The molecule has 144 valence electrons. The largest absolute Gasteiger partial charge is 0.334 e. The number of rotatable bonds is 4. The summed E-state index contributed by atoms with van der Waals surface area (Å²) in [6, 6.07) is 7.54. The molecule has 1 unspecified atom stereocenters. The molecule has 6 nitrogen and oxygen atoms in total. The van der Waals surface area contributed by atoms with Gasteiger partial charge in [0.05, 0.1) is 10.9 Å². The topological polar surface area (TPSA) is 70.6 Å². The Labute approximate surface area is 171 Å². The summed E-state index contributed by atoms with van der Waals surface area (Å²) in [4.78, 5) is 46.3. The normalized spacial score (nSPS) is 21.6. The molecule has 2 aliphatic heterocycles. The summed E-state index contributed by atoms with van der Waals surface area (Å²) in [5.74, 6) is -0.597. The molecule has 4 rings (SSSR count). The maximum Gasteiger partial charge on any atom is 0.294 e. The van der Waals surface area contributed by atoms with Crippen LogP contribution in [0.15, 0.2) is 46.9 Å².